The Labute approximate surface area is 104 Å². The Balaban J connectivity index is 2.63. The molecule has 0 spiro atoms. The Morgan fingerprint density at radius 2 is 2.24 bits per heavy atom. The van der Waals surface area contributed by atoms with Gasteiger partial charge in [0.25, 0.3) is 0 Å². The van der Waals surface area contributed by atoms with Gasteiger partial charge in [0, 0.05) is 18.7 Å². The predicted octanol–water partition coefficient (Wildman–Crippen LogP) is 1.03. The van der Waals surface area contributed by atoms with Crippen molar-refractivity contribution in [1.29, 1.82) is 0 Å². The highest BCUT2D eigenvalue weighted by molar-refractivity contribution is 5.83. The van der Waals surface area contributed by atoms with Crippen molar-refractivity contribution in [3.8, 4) is 0 Å². The molecule has 1 fully saturated rings. The molecule has 17 heavy (non-hydrogen) atoms. The Hall–Kier alpha value is -0.610. The smallest absolute Gasteiger partial charge is 0.227 e. The van der Waals surface area contributed by atoms with E-state index in [-0.39, 0.29) is 24.6 Å². The lowest BCUT2D eigenvalue weighted by molar-refractivity contribution is -0.131. The maximum atomic E-state index is 12.3. The monoisotopic (exact) mass is 242 g/mol. The van der Waals surface area contributed by atoms with Gasteiger partial charge < -0.3 is 16.2 Å². The van der Waals surface area contributed by atoms with Gasteiger partial charge in [0.05, 0.1) is 5.41 Å². The molecule has 3 atom stereocenters. The first-order chi connectivity index (χ1) is 7.91. The number of nitrogens with one attached hydrogen (secondary N) is 1. The SMILES string of the molecule is CC(C)C(CCO)NC(=O)C1(C)CCCC1N. The normalized spacial score (nSPS) is 30.6. The lowest BCUT2D eigenvalue weighted by Gasteiger charge is -2.31. The highest BCUT2D eigenvalue weighted by Gasteiger charge is 2.43. The van der Waals surface area contributed by atoms with Gasteiger partial charge in [-0.3, -0.25) is 4.79 Å². The van der Waals surface area contributed by atoms with Crippen LogP contribution in [0.5, 0.6) is 0 Å². The van der Waals surface area contributed by atoms with E-state index >= 15 is 0 Å². The van der Waals surface area contributed by atoms with E-state index in [2.05, 4.69) is 19.2 Å². The quantitative estimate of drug-likeness (QED) is 0.674. The summed E-state index contributed by atoms with van der Waals surface area (Å²) in [5.74, 6) is 0.377. The maximum absolute atomic E-state index is 12.3. The van der Waals surface area contributed by atoms with Gasteiger partial charge >= 0.3 is 0 Å². The third-order valence-corrected chi connectivity index (χ3v) is 4.11. The van der Waals surface area contributed by atoms with Crippen molar-refractivity contribution in [2.24, 2.45) is 17.1 Å². The third kappa shape index (κ3) is 3.19. The molecule has 0 radical (unpaired) electrons. The molecule has 0 bridgehead atoms. The molecule has 0 aromatic rings. The number of carbonyl (C=O) groups excluding carboxylic acids is 1. The molecular weight excluding hydrogens is 216 g/mol. The average Bonchev–Trinajstić information content (AvgIpc) is 2.59. The summed E-state index contributed by atoms with van der Waals surface area (Å²) in [5, 5.41) is 12.1. The van der Waals surface area contributed by atoms with E-state index in [1.165, 1.54) is 0 Å². The van der Waals surface area contributed by atoms with E-state index in [0.29, 0.717) is 12.3 Å². The lowest BCUT2D eigenvalue weighted by atomic mass is 9.83. The van der Waals surface area contributed by atoms with Gasteiger partial charge in [0.1, 0.15) is 0 Å². The first-order valence-electron chi connectivity index (χ1n) is 6.59. The van der Waals surface area contributed by atoms with Crippen LogP contribution >= 0.6 is 0 Å². The molecule has 1 saturated carbocycles. The Morgan fingerprint density at radius 3 is 2.65 bits per heavy atom. The molecule has 0 saturated heterocycles. The fourth-order valence-corrected chi connectivity index (χ4v) is 2.52. The summed E-state index contributed by atoms with van der Waals surface area (Å²) < 4.78 is 0. The molecule has 0 aliphatic heterocycles. The summed E-state index contributed by atoms with van der Waals surface area (Å²) in [6, 6.07) is 0.00145. The molecule has 0 aromatic carbocycles. The van der Waals surface area contributed by atoms with Crippen molar-refractivity contribution in [2.75, 3.05) is 6.61 Å². The number of amides is 1. The van der Waals surface area contributed by atoms with Crippen molar-refractivity contribution in [3.05, 3.63) is 0 Å². The first-order valence-corrected chi connectivity index (χ1v) is 6.59. The number of rotatable bonds is 5. The summed E-state index contributed by atoms with van der Waals surface area (Å²) in [4.78, 5) is 12.3. The largest absolute Gasteiger partial charge is 0.396 e. The highest BCUT2D eigenvalue weighted by Crippen LogP contribution is 2.37. The number of hydrogen-bond donors (Lipinski definition) is 3. The number of aliphatic hydroxyl groups excluding tert-OH is 1. The van der Waals surface area contributed by atoms with Crippen molar-refractivity contribution in [2.45, 2.75) is 58.5 Å². The van der Waals surface area contributed by atoms with Crippen molar-refractivity contribution in [1.82, 2.24) is 5.32 Å². The minimum Gasteiger partial charge on any atom is -0.396 e. The molecule has 1 rings (SSSR count). The zero-order valence-corrected chi connectivity index (χ0v) is 11.2. The zero-order valence-electron chi connectivity index (χ0n) is 11.2. The molecule has 4 N–H and O–H groups in total. The van der Waals surface area contributed by atoms with E-state index < -0.39 is 5.41 Å². The van der Waals surface area contributed by atoms with Crippen LogP contribution in [0.2, 0.25) is 0 Å². The molecule has 4 nitrogen and oxygen atoms in total. The minimum atomic E-state index is -0.428. The predicted molar refractivity (Wildman–Crippen MR) is 68.4 cm³/mol. The molecular formula is C13H26N2O2. The summed E-state index contributed by atoms with van der Waals surface area (Å²) >= 11 is 0. The van der Waals surface area contributed by atoms with E-state index in [0.717, 1.165) is 19.3 Å². The number of nitrogens with two attached hydrogens (primary N) is 1. The van der Waals surface area contributed by atoms with Gasteiger partial charge in [-0.15, -0.1) is 0 Å². The number of aliphatic hydroxyl groups is 1. The molecule has 0 aromatic heterocycles. The second kappa shape index (κ2) is 5.83. The first kappa shape index (κ1) is 14.5. The Bertz CT molecular complexity index is 268. The highest BCUT2D eigenvalue weighted by atomic mass is 16.3. The third-order valence-electron chi connectivity index (χ3n) is 4.11. The average molecular weight is 242 g/mol. The van der Waals surface area contributed by atoms with Crippen molar-refractivity contribution in [3.63, 3.8) is 0 Å². The molecule has 1 amide bonds. The lowest BCUT2D eigenvalue weighted by Crippen LogP contribution is -2.51. The molecule has 3 unspecified atom stereocenters. The minimum absolute atomic E-state index is 0.0376. The van der Waals surface area contributed by atoms with Crippen LogP contribution in [0.3, 0.4) is 0 Å². The van der Waals surface area contributed by atoms with Crippen molar-refractivity contribution >= 4 is 5.91 Å². The number of hydrogen-bond acceptors (Lipinski definition) is 3. The Morgan fingerprint density at radius 1 is 1.59 bits per heavy atom. The summed E-state index contributed by atoms with van der Waals surface area (Å²) in [7, 11) is 0. The van der Waals surface area contributed by atoms with E-state index in [9.17, 15) is 4.79 Å². The summed E-state index contributed by atoms with van der Waals surface area (Å²) in [5.41, 5.74) is 5.60. The molecule has 1 aliphatic rings. The van der Waals surface area contributed by atoms with E-state index in [1.807, 2.05) is 6.92 Å². The van der Waals surface area contributed by atoms with Gasteiger partial charge in [-0.25, -0.2) is 0 Å². The van der Waals surface area contributed by atoms with Crippen LogP contribution in [0.4, 0.5) is 0 Å². The Kier molecular flexibility index (Phi) is 4.95. The van der Waals surface area contributed by atoms with Crippen LogP contribution in [0, 0.1) is 11.3 Å². The maximum Gasteiger partial charge on any atom is 0.227 e. The number of carbonyl (C=O) groups is 1. The standard InChI is InChI=1S/C13H26N2O2/c1-9(2)10(6-8-16)15-12(17)13(3)7-4-5-11(13)14/h9-11,16H,4-8,14H2,1-3H3,(H,15,17). The van der Waals surface area contributed by atoms with E-state index in [4.69, 9.17) is 10.8 Å². The zero-order chi connectivity index (χ0) is 13.1. The van der Waals surface area contributed by atoms with Gasteiger partial charge in [-0.05, 0) is 32.1 Å². The second-order valence-electron chi connectivity index (χ2n) is 5.75. The molecule has 4 heteroatoms. The molecule has 1 aliphatic carbocycles. The van der Waals surface area contributed by atoms with Gasteiger partial charge in [0.2, 0.25) is 5.91 Å². The fraction of sp³-hybridized carbons (Fsp3) is 0.923. The van der Waals surface area contributed by atoms with Gasteiger partial charge in [-0.2, -0.15) is 0 Å². The van der Waals surface area contributed by atoms with Gasteiger partial charge in [0.15, 0.2) is 0 Å². The van der Waals surface area contributed by atoms with Crippen LogP contribution in [0.1, 0.15) is 46.5 Å². The van der Waals surface area contributed by atoms with Crippen molar-refractivity contribution < 1.29 is 9.90 Å². The molecule has 100 valence electrons. The van der Waals surface area contributed by atoms with Gasteiger partial charge in [-0.1, -0.05) is 20.3 Å². The van der Waals surface area contributed by atoms with Crippen LogP contribution in [-0.4, -0.2) is 29.7 Å². The van der Waals surface area contributed by atoms with Crippen LogP contribution < -0.4 is 11.1 Å². The van der Waals surface area contributed by atoms with Crippen LogP contribution in [-0.2, 0) is 4.79 Å². The summed E-state index contributed by atoms with van der Waals surface area (Å²) in [6.45, 7) is 6.16. The topological polar surface area (TPSA) is 75.3 Å². The van der Waals surface area contributed by atoms with E-state index in [1.54, 1.807) is 0 Å². The van der Waals surface area contributed by atoms with Crippen LogP contribution in [0.15, 0.2) is 0 Å². The second-order valence-corrected chi connectivity index (χ2v) is 5.75. The fourth-order valence-electron chi connectivity index (χ4n) is 2.52. The van der Waals surface area contributed by atoms with Crippen LogP contribution in [0.25, 0.3) is 0 Å². The summed E-state index contributed by atoms with van der Waals surface area (Å²) in [6.07, 6.45) is 3.42. The molecule has 0 heterocycles.